The predicted molar refractivity (Wildman–Crippen MR) is 71.2 cm³/mol. The van der Waals surface area contributed by atoms with Gasteiger partial charge in [-0.1, -0.05) is 35.3 Å². The SMILES string of the molecule is CCCc1cc2ccc(Br)cc2nc1NN. The van der Waals surface area contributed by atoms with E-state index in [9.17, 15) is 0 Å². The second-order valence-corrected chi connectivity index (χ2v) is 4.64. The van der Waals surface area contributed by atoms with Gasteiger partial charge in [-0.3, -0.25) is 0 Å². The molecule has 84 valence electrons. The summed E-state index contributed by atoms with van der Waals surface area (Å²) in [5.74, 6) is 6.26. The van der Waals surface area contributed by atoms with Crippen molar-refractivity contribution < 1.29 is 0 Å². The smallest absolute Gasteiger partial charge is 0.143 e. The number of hydrogen-bond donors (Lipinski definition) is 2. The van der Waals surface area contributed by atoms with Gasteiger partial charge in [-0.05, 0) is 30.2 Å². The largest absolute Gasteiger partial charge is 0.308 e. The third-order valence-electron chi connectivity index (χ3n) is 2.51. The number of aromatic nitrogens is 1. The number of hydrogen-bond acceptors (Lipinski definition) is 3. The lowest BCUT2D eigenvalue weighted by atomic mass is 10.1. The molecule has 2 rings (SSSR count). The summed E-state index contributed by atoms with van der Waals surface area (Å²) in [6.45, 7) is 2.14. The first kappa shape index (κ1) is 11.4. The Morgan fingerprint density at radius 3 is 2.88 bits per heavy atom. The van der Waals surface area contributed by atoms with Crippen LogP contribution in [-0.2, 0) is 6.42 Å². The predicted octanol–water partition coefficient (Wildman–Crippen LogP) is 3.24. The fourth-order valence-corrected chi connectivity index (χ4v) is 2.12. The molecule has 16 heavy (non-hydrogen) atoms. The van der Waals surface area contributed by atoms with Crippen molar-refractivity contribution in [3.63, 3.8) is 0 Å². The Morgan fingerprint density at radius 1 is 1.38 bits per heavy atom. The Morgan fingerprint density at radius 2 is 2.19 bits per heavy atom. The van der Waals surface area contributed by atoms with E-state index in [-0.39, 0.29) is 0 Å². The molecule has 0 atom stereocenters. The Hall–Kier alpha value is -1.13. The average Bonchev–Trinajstić information content (AvgIpc) is 2.29. The molecule has 3 nitrogen and oxygen atoms in total. The quantitative estimate of drug-likeness (QED) is 0.670. The number of hydrazine groups is 1. The molecule has 3 N–H and O–H groups in total. The molecule has 1 aromatic carbocycles. The van der Waals surface area contributed by atoms with Crippen LogP contribution >= 0.6 is 15.9 Å². The second kappa shape index (κ2) is 4.80. The molecule has 0 amide bonds. The Kier molecular flexibility index (Phi) is 3.41. The van der Waals surface area contributed by atoms with Crippen molar-refractivity contribution in [2.24, 2.45) is 5.84 Å². The molecule has 0 saturated carbocycles. The van der Waals surface area contributed by atoms with Crippen molar-refractivity contribution in [1.29, 1.82) is 0 Å². The number of halogens is 1. The molecule has 0 saturated heterocycles. The van der Waals surface area contributed by atoms with Crippen LogP contribution in [-0.4, -0.2) is 4.98 Å². The first-order valence-electron chi connectivity index (χ1n) is 5.30. The summed E-state index contributed by atoms with van der Waals surface area (Å²) in [5.41, 5.74) is 4.78. The molecule has 0 spiro atoms. The zero-order chi connectivity index (χ0) is 11.5. The fraction of sp³-hybridized carbons (Fsp3) is 0.250. The van der Waals surface area contributed by atoms with Gasteiger partial charge in [-0.2, -0.15) is 0 Å². The molecular weight excluding hydrogens is 266 g/mol. The number of anilines is 1. The van der Waals surface area contributed by atoms with Crippen LogP contribution in [0.2, 0.25) is 0 Å². The Labute approximate surface area is 103 Å². The normalized spacial score (nSPS) is 10.7. The number of pyridine rings is 1. The summed E-state index contributed by atoms with van der Waals surface area (Å²) < 4.78 is 1.03. The number of nitrogens with zero attached hydrogens (tertiary/aromatic N) is 1. The first-order chi connectivity index (χ1) is 7.74. The van der Waals surface area contributed by atoms with Gasteiger partial charge in [0.15, 0.2) is 0 Å². The van der Waals surface area contributed by atoms with E-state index in [1.54, 1.807) is 0 Å². The van der Waals surface area contributed by atoms with Crippen molar-refractivity contribution in [2.75, 3.05) is 5.43 Å². The molecular formula is C12H14BrN3. The maximum Gasteiger partial charge on any atom is 0.143 e. The van der Waals surface area contributed by atoms with Crippen molar-refractivity contribution >= 4 is 32.7 Å². The van der Waals surface area contributed by atoms with Crippen LogP contribution in [0.3, 0.4) is 0 Å². The van der Waals surface area contributed by atoms with Crippen molar-refractivity contribution in [3.05, 3.63) is 34.3 Å². The Balaban J connectivity index is 2.60. The highest BCUT2D eigenvalue weighted by Crippen LogP contribution is 2.23. The fourth-order valence-electron chi connectivity index (χ4n) is 1.77. The number of rotatable bonds is 3. The van der Waals surface area contributed by atoms with Crippen LogP contribution in [0.1, 0.15) is 18.9 Å². The van der Waals surface area contributed by atoms with Crippen molar-refractivity contribution in [3.8, 4) is 0 Å². The van der Waals surface area contributed by atoms with Crippen LogP contribution in [0.15, 0.2) is 28.7 Å². The first-order valence-corrected chi connectivity index (χ1v) is 6.09. The minimum atomic E-state index is 0.771. The molecule has 0 aliphatic heterocycles. The van der Waals surface area contributed by atoms with E-state index in [1.165, 1.54) is 5.56 Å². The third kappa shape index (κ3) is 2.18. The molecule has 1 aromatic heterocycles. The van der Waals surface area contributed by atoms with Gasteiger partial charge < -0.3 is 5.43 Å². The molecule has 0 fully saturated rings. The highest BCUT2D eigenvalue weighted by Gasteiger charge is 2.05. The van der Waals surface area contributed by atoms with Gasteiger partial charge in [0.2, 0.25) is 0 Å². The van der Waals surface area contributed by atoms with E-state index >= 15 is 0 Å². The van der Waals surface area contributed by atoms with Gasteiger partial charge in [0, 0.05) is 9.86 Å². The number of nitrogens with one attached hydrogen (secondary N) is 1. The van der Waals surface area contributed by atoms with E-state index in [1.807, 2.05) is 12.1 Å². The maximum atomic E-state index is 5.49. The molecule has 0 aliphatic rings. The summed E-state index contributed by atoms with van der Waals surface area (Å²) in [5, 5.41) is 1.14. The molecule has 0 unspecified atom stereocenters. The summed E-state index contributed by atoms with van der Waals surface area (Å²) >= 11 is 3.44. The van der Waals surface area contributed by atoms with Crippen LogP contribution in [0, 0.1) is 0 Å². The summed E-state index contributed by atoms with van der Waals surface area (Å²) in [6, 6.07) is 8.22. The van der Waals surface area contributed by atoms with E-state index < -0.39 is 0 Å². The Bertz CT molecular complexity index is 511. The van der Waals surface area contributed by atoms with Crippen LogP contribution in [0.4, 0.5) is 5.82 Å². The highest BCUT2D eigenvalue weighted by molar-refractivity contribution is 9.10. The number of nitrogens with two attached hydrogens (primary N) is 1. The number of benzene rings is 1. The number of fused-ring (bicyclic) bond motifs is 1. The second-order valence-electron chi connectivity index (χ2n) is 3.73. The topological polar surface area (TPSA) is 50.9 Å². The average molecular weight is 280 g/mol. The van der Waals surface area contributed by atoms with E-state index in [0.29, 0.717) is 0 Å². The lowest BCUT2D eigenvalue weighted by Gasteiger charge is -2.09. The van der Waals surface area contributed by atoms with Gasteiger partial charge >= 0.3 is 0 Å². The summed E-state index contributed by atoms with van der Waals surface area (Å²) in [4.78, 5) is 4.51. The monoisotopic (exact) mass is 279 g/mol. The molecule has 0 radical (unpaired) electrons. The molecule has 4 heteroatoms. The van der Waals surface area contributed by atoms with Gasteiger partial charge in [0.25, 0.3) is 0 Å². The van der Waals surface area contributed by atoms with Crippen LogP contribution in [0.5, 0.6) is 0 Å². The van der Waals surface area contributed by atoms with Gasteiger partial charge in [0.05, 0.1) is 5.52 Å². The molecule has 1 heterocycles. The number of aryl methyl sites for hydroxylation is 1. The molecule has 2 aromatic rings. The zero-order valence-electron chi connectivity index (χ0n) is 9.13. The minimum Gasteiger partial charge on any atom is -0.308 e. The minimum absolute atomic E-state index is 0.771. The van der Waals surface area contributed by atoms with E-state index in [4.69, 9.17) is 5.84 Å². The third-order valence-corrected chi connectivity index (χ3v) is 3.01. The molecule has 0 bridgehead atoms. The van der Waals surface area contributed by atoms with Gasteiger partial charge in [-0.15, -0.1) is 0 Å². The van der Waals surface area contributed by atoms with Crippen LogP contribution in [0.25, 0.3) is 10.9 Å². The zero-order valence-corrected chi connectivity index (χ0v) is 10.7. The van der Waals surface area contributed by atoms with Crippen LogP contribution < -0.4 is 11.3 Å². The van der Waals surface area contributed by atoms with Gasteiger partial charge in [0.1, 0.15) is 5.82 Å². The standard InChI is InChI=1S/C12H14BrN3/c1-2-3-9-6-8-4-5-10(13)7-11(8)15-12(9)16-14/h4-7H,2-3,14H2,1H3,(H,15,16). The lowest BCUT2D eigenvalue weighted by molar-refractivity contribution is 0.917. The number of nitrogen functional groups attached to an aromatic ring is 1. The van der Waals surface area contributed by atoms with Crippen molar-refractivity contribution in [1.82, 2.24) is 4.98 Å². The highest BCUT2D eigenvalue weighted by atomic mass is 79.9. The van der Waals surface area contributed by atoms with E-state index in [2.05, 4.69) is 45.4 Å². The van der Waals surface area contributed by atoms with E-state index in [0.717, 1.165) is 34.0 Å². The van der Waals surface area contributed by atoms with Gasteiger partial charge in [-0.25, -0.2) is 10.8 Å². The maximum absolute atomic E-state index is 5.49. The van der Waals surface area contributed by atoms with Crippen molar-refractivity contribution in [2.45, 2.75) is 19.8 Å². The molecule has 0 aliphatic carbocycles. The summed E-state index contributed by atoms with van der Waals surface area (Å²) in [7, 11) is 0. The summed E-state index contributed by atoms with van der Waals surface area (Å²) in [6.07, 6.45) is 2.07. The lowest BCUT2D eigenvalue weighted by Crippen LogP contribution is -2.11.